The summed E-state index contributed by atoms with van der Waals surface area (Å²) in [6.07, 6.45) is 6.60. The maximum atomic E-state index is 6.12. The number of thiophene rings is 1. The van der Waals surface area contributed by atoms with Gasteiger partial charge >= 0.3 is 0 Å². The van der Waals surface area contributed by atoms with Gasteiger partial charge in [0.2, 0.25) is 0 Å². The molecule has 0 bridgehead atoms. The third-order valence-corrected chi connectivity index (χ3v) is 5.65. The summed E-state index contributed by atoms with van der Waals surface area (Å²) in [6.45, 7) is 6.07. The summed E-state index contributed by atoms with van der Waals surface area (Å²) >= 11 is 7.88. The molecule has 1 N–H and O–H groups in total. The van der Waals surface area contributed by atoms with E-state index in [1.54, 1.807) is 11.3 Å². The van der Waals surface area contributed by atoms with E-state index in [9.17, 15) is 0 Å². The highest BCUT2D eigenvalue weighted by atomic mass is 35.5. The molecule has 1 aromatic heterocycles. The minimum absolute atomic E-state index is 0.526. The van der Waals surface area contributed by atoms with Crippen LogP contribution in [0.15, 0.2) is 6.07 Å². The Morgan fingerprint density at radius 2 is 2.21 bits per heavy atom. The van der Waals surface area contributed by atoms with Gasteiger partial charge in [0.05, 0.1) is 4.34 Å². The molecule has 2 nitrogen and oxygen atoms in total. The molecule has 0 radical (unpaired) electrons. The Morgan fingerprint density at radius 1 is 1.42 bits per heavy atom. The summed E-state index contributed by atoms with van der Waals surface area (Å²) < 4.78 is 0.945. The molecule has 2 aliphatic rings. The molecule has 4 heteroatoms. The number of aryl methyl sites for hydroxylation is 1. The number of fused-ring (bicyclic) bond motifs is 1. The van der Waals surface area contributed by atoms with E-state index >= 15 is 0 Å². The third-order valence-electron chi connectivity index (χ3n) is 4.31. The fourth-order valence-electron chi connectivity index (χ4n) is 3.43. The largest absolute Gasteiger partial charge is 0.306 e. The van der Waals surface area contributed by atoms with Crippen molar-refractivity contribution in [3.63, 3.8) is 0 Å². The van der Waals surface area contributed by atoms with Crippen molar-refractivity contribution in [2.24, 2.45) is 0 Å². The zero-order valence-electron chi connectivity index (χ0n) is 11.6. The molecule has 106 valence electrons. The second-order valence-corrected chi connectivity index (χ2v) is 7.72. The van der Waals surface area contributed by atoms with E-state index in [4.69, 9.17) is 11.6 Å². The van der Waals surface area contributed by atoms with Crippen molar-refractivity contribution in [3.05, 3.63) is 20.8 Å². The van der Waals surface area contributed by atoms with E-state index in [1.165, 1.54) is 62.2 Å². The summed E-state index contributed by atoms with van der Waals surface area (Å²) in [5.41, 5.74) is 1.46. The van der Waals surface area contributed by atoms with Crippen LogP contribution in [-0.4, -0.2) is 30.6 Å². The maximum Gasteiger partial charge on any atom is 0.0934 e. The number of hydrogen-bond acceptors (Lipinski definition) is 3. The number of nitrogens with one attached hydrogen (secondary N) is 1. The summed E-state index contributed by atoms with van der Waals surface area (Å²) in [4.78, 5) is 4.10. The van der Waals surface area contributed by atoms with Crippen LogP contribution in [0.5, 0.6) is 0 Å². The molecule has 0 spiro atoms. The third kappa shape index (κ3) is 3.33. The molecule has 1 saturated heterocycles. The smallest absolute Gasteiger partial charge is 0.0934 e. The quantitative estimate of drug-likeness (QED) is 0.908. The molecule has 2 heterocycles. The molecule has 3 rings (SSSR count). The number of piperidine rings is 1. The van der Waals surface area contributed by atoms with Gasteiger partial charge in [-0.15, -0.1) is 11.3 Å². The van der Waals surface area contributed by atoms with E-state index in [0.29, 0.717) is 12.1 Å². The second-order valence-electron chi connectivity index (χ2n) is 5.95. The van der Waals surface area contributed by atoms with Crippen molar-refractivity contribution in [1.29, 1.82) is 0 Å². The van der Waals surface area contributed by atoms with Crippen LogP contribution >= 0.6 is 22.9 Å². The first kappa shape index (κ1) is 13.9. The van der Waals surface area contributed by atoms with E-state index in [-0.39, 0.29) is 0 Å². The number of hydrogen-bond donors (Lipinski definition) is 1. The van der Waals surface area contributed by atoms with Gasteiger partial charge in [0.15, 0.2) is 0 Å². The first-order valence-electron chi connectivity index (χ1n) is 7.49. The highest BCUT2D eigenvalue weighted by molar-refractivity contribution is 7.16. The minimum Gasteiger partial charge on any atom is -0.306 e. The molecular formula is C15H23ClN2S. The van der Waals surface area contributed by atoms with Gasteiger partial charge in [0.25, 0.3) is 0 Å². The lowest BCUT2D eigenvalue weighted by Crippen LogP contribution is -2.42. The van der Waals surface area contributed by atoms with Crippen LogP contribution < -0.4 is 5.32 Å². The number of rotatable bonds is 4. The average molecular weight is 299 g/mol. The SMILES string of the molecule is CC(CN1CCCCC1)NC1CCc2sc(Cl)cc21. The molecule has 1 aliphatic carbocycles. The fraction of sp³-hybridized carbons (Fsp3) is 0.733. The van der Waals surface area contributed by atoms with Crippen LogP contribution in [-0.2, 0) is 6.42 Å². The Labute approximate surface area is 125 Å². The zero-order valence-corrected chi connectivity index (χ0v) is 13.2. The van der Waals surface area contributed by atoms with Crippen LogP contribution in [0.4, 0.5) is 0 Å². The summed E-state index contributed by atoms with van der Waals surface area (Å²) in [5, 5.41) is 3.80. The topological polar surface area (TPSA) is 15.3 Å². The van der Waals surface area contributed by atoms with Crippen molar-refractivity contribution >= 4 is 22.9 Å². The number of halogens is 1. The van der Waals surface area contributed by atoms with E-state index in [0.717, 1.165) is 4.34 Å². The predicted octanol–water partition coefficient (Wildman–Crippen LogP) is 3.85. The Hall–Kier alpha value is -0.0900. The monoisotopic (exact) mass is 298 g/mol. The van der Waals surface area contributed by atoms with E-state index < -0.39 is 0 Å². The molecule has 1 aromatic rings. The van der Waals surface area contributed by atoms with Gasteiger partial charge < -0.3 is 10.2 Å². The van der Waals surface area contributed by atoms with Gasteiger partial charge in [-0.2, -0.15) is 0 Å². The van der Waals surface area contributed by atoms with Crippen LogP contribution in [0.25, 0.3) is 0 Å². The molecule has 1 aliphatic heterocycles. The van der Waals surface area contributed by atoms with E-state index in [2.05, 4.69) is 23.2 Å². The van der Waals surface area contributed by atoms with Crippen LogP contribution in [0.2, 0.25) is 4.34 Å². The van der Waals surface area contributed by atoms with E-state index in [1.807, 2.05) is 0 Å². The first-order valence-corrected chi connectivity index (χ1v) is 8.68. The van der Waals surface area contributed by atoms with Crippen LogP contribution in [0, 0.1) is 0 Å². The predicted molar refractivity (Wildman–Crippen MR) is 83.3 cm³/mol. The molecule has 0 aromatic carbocycles. The normalized spacial score (nSPS) is 25.5. The molecule has 0 saturated carbocycles. The lowest BCUT2D eigenvalue weighted by molar-refractivity contribution is 0.204. The lowest BCUT2D eigenvalue weighted by Gasteiger charge is -2.30. The van der Waals surface area contributed by atoms with Crippen LogP contribution in [0.1, 0.15) is 49.1 Å². The molecule has 0 amide bonds. The first-order chi connectivity index (χ1) is 9.22. The Kier molecular flexibility index (Phi) is 4.47. The minimum atomic E-state index is 0.526. The van der Waals surface area contributed by atoms with Crippen molar-refractivity contribution < 1.29 is 0 Å². The zero-order chi connectivity index (χ0) is 13.2. The Bertz CT molecular complexity index is 426. The molecule has 1 fully saturated rings. The van der Waals surface area contributed by atoms with Crippen molar-refractivity contribution in [1.82, 2.24) is 10.2 Å². The summed E-state index contributed by atoms with van der Waals surface area (Å²) in [6, 6.07) is 3.26. The van der Waals surface area contributed by atoms with Crippen LogP contribution in [0.3, 0.4) is 0 Å². The standard InChI is InChI=1S/C15H23ClN2S/c1-11(10-18-7-3-2-4-8-18)17-13-5-6-14-12(13)9-15(16)19-14/h9,11,13,17H,2-8,10H2,1H3. The molecule has 19 heavy (non-hydrogen) atoms. The second kappa shape index (κ2) is 6.13. The fourth-order valence-corrected chi connectivity index (χ4v) is 4.79. The van der Waals surface area contributed by atoms with Gasteiger partial charge in [0, 0.05) is 23.5 Å². The molecule has 2 atom stereocenters. The summed E-state index contributed by atoms with van der Waals surface area (Å²) in [5.74, 6) is 0. The Balaban J connectivity index is 1.53. The van der Waals surface area contributed by atoms with Crippen molar-refractivity contribution in [3.8, 4) is 0 Å². The number of likely N-dealkylation sites (tertiary alicyclic amines) is 1. The lowest BCUT2D eigenvalue weighted by atomic mass is 10.1. The van der Waals surface area contributed by atoms with Gasteiger partial charge in [-0.1, -0.05) is 18.0 Å². The highest BCUT2D eigenvalue weighted by Crippen LogP contribution is 2.39. The van der Waals surface area contributed by atoms with Gasteiger partial charge in [-0.25, -0.2) is 0 Å². The van der Waals surface area contributed by atoms with Crippen molar-refractivity contribution in [2.75, 3.05) is 19.6 Å². The number of nitrogens with zero attached hydrogens (tertiary/aromatic N) is 1. The summed E-state index contributed by atoms with van der Waals surface area (Å²) in [7, 11) is 0. The highest BCUT2D eigenvalue weighted by Gasteiger charge is 2.26. The Morgan fingerprint density at radius 3 is 3.00 bits per heavy atom. The molecule has 2 unspecified atom stereocenters. The van der Waals surface area contributed by atoms with Gasteiger partial charge in [0.1, 0.15) is 0 Å². The van der Waals surface area contributed by atoms with Gasteiger partial charge in [-0.3, -0.25) is 0 Å². The molecular weight excluding hydrogens is 276 g/mol. The van der Waals surface area contributed by atoms with Crippen molar-refractivity contribution in [2.45, 2.75) is 51.1 Å². The average Bonchev–Trinajstić information content (AvgIpc) is 2.91. The van der Waals surface area contributed by atoms with Gasteiger partial charge in [-0.05, 0) is 57.3 Å². The maximum absolute atomic E-state index is 6.12.